The van der Waals surface area contributed by atoms with Gasteiger partial charge in [-0.2, -0.15) is 0 Å². The molecule has 2 aliphatic carbocycles. The first kappa shape index (κ1) is 10.9. The summed E-state index contributed by atoms with van der Waals surface area (Å²) in [4.78, 5) is 16.5. The van der Waals surface area contributed by atoms with Gasteiger partial charge in [0.1, 0.15) is 4.83 Å². The van der Waals surface area contributed by atoms with Crippen molar-refractivity contribution in [3.05, 3.63) is 26.6 Å². The Morgan fingerprint density at radius 2 is 2.28 bits per heavy atom. The molecule has 0 bridgehead atoms. The van der Waals surface area contributed by atoms with Gasteiger partial charge in [0.2, 0.25) is 0 Å². The fourth-order valence-corrected chi connectivity index (χ4v) is 4.08. The summed E-state index contributed by atoms with van der Waals surface area (Å²) in [6, 6.07) is 1.89. The van der Waals surface area contributed by atoms with E-state index in [1.54, 1.807) is 15.9 Å². The molecule has 2 aromatic heterocycles. The Labute approximate surface area is 113 Å². The minimum absolute atomic E-state index is 0.0851. The summed E-state index contributed by atoms with van der Waals surface area (Å²) < 4.78 is 2.37. The van der Waals surface area contributed by atoms with Crippen molar-refractivity contribution in [3.63, 3.8) is 0 Å². The number of H-pyrrole nitrogens is 1. The van der Waals surface area contributed by atoms with E-state index >= 15 is 0 Å². The van der Waals surface area contributed by atoms with E-state index in [0.29, 0.717) is 10.2 Å². The first-order valence-corrected chi connectivity index (χ1v) is 7.69. The predicted octanol–water partition coefficient (Wildman–Crippen LogP) is 3.31. The zero-order valence-electron chi connectivity index (χ0n) is 9.94. The minimum atomic E-state index is 0.0851. The molecular formula is C13H14N2OS2. The molecule has 0 atom stereocenters. The van der Waals surface area contributed by atoms with Gasteiger partial charge in [0.15, 0.2) is 4.77 Å². The maximum atomic E-state index is 12.4. The Balaban J connectivity index is 1.84. The van der Waals surface area contributed by atoms with Gasteiger partial charge in [-0.25, -0.2) is 0 Å². The van der Waals surface area contributed by atoms with Crippen LogP contribution in [0, 0.1) is 16.1 Å². The first-order chi connectivity index (χ1) is 8.70. The lowest BCUT2D eigenvalue weighted by atomic mass is 10.0. The smallest absolute Gasteiger partial charge is 0.263 e. The zero-order chi connectivity index (χ0) is 12.3. The van der Waals surface area contributed by atoms with Gasteiger partial charge in [-0.15, -0.1) is 11.3 Å². The van der Waals surface area contributed by atoms with E-state index in [1.165, 1.54) is 25.7 Å². The molecule has 18 heavy (non-hydrogen) atoms. The molecule has 2 saturated carbocycles. The molecule has 0 radical (unpaired) electrons. The minimum Gasteiger partial charge on any atom is -0.323 e. The lowest BCUT2D eigenvalue weighted by molar-refractivity contribution is 0.361. The van der Waals surface area contributed by atoms with Crippen LogP contribution in [0.15, 0.2) is 16.2 Å². The summed E-state index contributed by atoms with van der Waals surface area (Å²) >= 11 is 6.89. The summed E-state index contributed by atoms with van der Waals surface area (Å²) in [6.07, 6.45) is 5.21. The Morgan fingerprint density at radius 3 is 2.94 bits per heavy atom. The van der Waals surface area contributed by atoms with Crippen LogP contribution in [0.25, 0.3) is 10.2 Å². The molecule has 5 heteroatoms. The molecule has 0 saturated heterocycles. The van der Waals surface area contributed by atoms with E-state index in [2.05, 4.69) is 4.98 Å². The summed E-state index contributed by atoms with van der Waals surface area (Å²) in [6.45, 7) is 0.817. The van der Waals surface area contributed by atoms with Crippen LogP contribution in [0.4, 0.5) is 0 Å². The predicted molar refractivity (Wildman–Crippen MR) is 75.7 cm³/mol. The van der Waals surface area contributed by atoms with Crippen molar-refractivity contribution in [1.29, 1.82) is 0 Å². The molecule has 2 aromatic rings. The van der Waals surface area contributed by atoms with Gasteiger partial charge in [0.25, 0.3) is 5.56 Å². The van der Waals surface area contributed by atoms with E-state index in [1.807, 2.05) is 11.4 Å². The van der Waals surface area contributed by atoms with Gasteiger partial charge in [0, 0.05) is 6.54 Å². The molecule has 2 aliphatic rings. The van der Waals surface area contributed by atoms with Crippen molar-refractivity contribution in [1.82, 2.24) is 9.55 Å². The zero-order valence-corrected chi connectivity index (χ0v) is 11.6. The average Bonchev–Trinajstić information content (AvgIpc) is 3.23. The van der Waals surface area contributed by atoms with Crippen molar-refractivity contribution >= 4 is 33.8 Å². The fourth-order valence-electron chi connectivity index (χ4n) is 2.99. The number of fused-ring (bicyclic) bond motifs is 1. The summed E-state index contributed by atoms with van der Waals surface area (Å²) in [5.74, 6) is 0.844. The standard InChI is InChI=1S/C13H14N2OS2/c16-11-9-3-6-18-10(9)14-12(17)15(11)7-13(4-5-13)8-1-2-8/h3,6,8H,1-2,4-5,7H2,(H,14,17). The highest BCUT2D eigenvalue weighted by atomic mass is 32.1. The normalized spacial score (nSPS) is 21.3. The molecule has 2 fully saturated rings. The maximum Gasteiger partial charge on any atom is 0.263 e. The number of nitrogens with zero attached hydrogens (tertiary/aromatic N) is 1. The number of hydrogen-bond donors (Lipinski definition) is 1. The van der Waals surface area contributed by atoms with E-state index in [4.69, 9.17) is 12.2 Å². The number of nitrogens with one attached hydrogen (secondary N) is 1. The van der Waals surface area contributed by atoms with Gasteiger partial charge >= 0.3 is 0 Å². The quantitative estimate of drug-likeness (QED) is 0.875. The third-order valence-electron chi connectivity index (χ3n) is 4.42. The van der Waals surface area contributed by atoms with Crippen LogP contribution in [-0.4, -0.2) is 9.55 Å². The van der Waals surface area contributed by atoms with Crippen molar-refractivity contribution in [2.75, 3.05) is 0 Å². The van der Waals surface area contributed by atoms with Gasteiger partial charge in [-0.3, -0.25) is 9.36 Å². The number of thiophene rings is 1. The second-order valence-electron chi connectivity index (χ2n) is 5.62. The van der Waals surface area contributed by atoms with Crippen LogP contribution in [0.1, 0.15) is 25.7 Å². The fraction of sp³-hybridized carbons (Fsp3) is 0.538. The summed E-state index contributed by atoms with van der Waals surface area (Å²) in [5.41, 5.74) is 0.483. The average molecular weight is 278 g/mol. The molecule has 0 aliphatic heterocycles. The SMILES string of the molecule is O=c1c2ccsc2[nH]c(=S)n1CC1(C2CC2)CC1. The van der Waals surface area contributed by atoms with E-state index < -0.39 is 0 Å². The molecule has 0 spiro atoms. The molecule has 0 amide bonds. The summed E-state index contributed by atoms with van der Waals surface area (Å²) in [7, 11) is 0. The third kappa shape index (κ3) is 1.53. The monoisotopic (exact) mass is 278 g/mol. The number of rotatable bonds is 3. The molecule has 0 unspecified atom stereocenters. The highest BCUT2D eigenvalue weighted by Crippen LogP contribution is 2.62. The molecule has 94 valence electrons. The number of aromatic amines is 1. The second-order valence-corrected chi connectivity index (χ2v) is 6.92. The Hall–Kier alpha value is -0.940. The highest BCUT2D eigenvalue weighted by molar-refractivity contribution is 7.71. The van der Waals surface area contributed by atoms with Crippen molar-refractivity contribution in [3.8, 4) is 0 Å². The third-order valence-corrected chi connectivity index (χ3v) is 5.57. The molecule has 3 nitrogen and oxygen atoms in total. The Bertz CT molecular complexity index is 731. The van der Waals surface area contributed by atoms with Crippen molar-refractivity contribution in [2.24, 2.45) is 11.3 Å². The van der Waals surface area contributed by atoms with Gasteiger partial charge < -0.3 is 4.98 Å². The van der Waals surface area contributed by atoms with Crippen molar-refractivity contribution < 1.29 is 0 Å². The van der Waals surface area contributed by atoms with Crippen LogP contribution in [0.3, 0.4) is 0 Å². The molecule has 1 N–H and O–H groups in total. The van der Waals surface area contributed by atoms with Gasteiger partial charge in [-0.05, 0) is 60.7 Å². The lowest BCUT2D eigenvalue weighted by Gasteiger charge is -2.15. The largest absolute Gasteiger partial charge is 0.323 e. The molecule has 4 rings (SSSR count). The number of aromatic nitrogens is 2. The lowest BCUT2D eigenvalue weighted by Crippen LogP contribution is -2.27. The first-order valence-electron chi connectivity index (χ1n) is 6.40. The topological polar surface area (TPSA) is 37.8 Å². The highest BCUT2D eigenvalue weighted by Gasteiger charge is 2.53. The Morgan fingerprint density at radius 1 is 1.50 bits per heavy atom. The van der Waals surface area contributed by atoms with Crippen molar-refractivity contribution in [2.45, 2.75) is 32.2 Å². The van der Waals surface area contributed by atoms with Crippen LogP contribution in [0.5, 0.6) is 0 Å². The van der Waals surface area contributed by atoms with E-state index in [-0.39, 0.29) is 5.56 Å². The van der Waals surface area contributed by atoms with Crippen LogP contribution >= 0.6 is 23.6 Å². The number of hydrogen-bond acceptors (Lipinski definition) is 3. The van der Waals surface area contributed by atoms with Crippen LogP contribution in [0.2, 0.25) is 0 Å². The van der Waals surface area contributed by atoms with Gasteiger partial charge in [0.05, 0.1) is 5.39 Å². The maximum absolute atomic E-state index is 12.4. The van der Waals surface area contributed by atoms with Crippen LogP contribution in [-0.2, 0) is 6.54 Å². The van der Waals surface area contributed by atoms with E-state index in [9.17, 15) is 4.79 Å². The molecule has 2 heterocycles. The molecule has 0 aromatic carbocycles. The van der Waals surface area contributed by atoms with E-state index in [0.717, 1.165) is 22.7 Å². The molecular weight excluding hydrogens is 264 g/mol. The van der Waals surface area contributed by atoms with Crippen LogP contribution < -0.4 is 5.56 Å². The second kappa shape index (κ2) is 3.54. The van der Waals surface area contributed by atoms with Gasteiger partial charge in [-0.1, -0.05) is 0 Å². The summed E-state index contributed by atoms with van der Waals surface area (Å²) in [5, 5.41) is 2.72. The Kier molecular flexibility index (Phi) is 2.15.